The molecular weight excluding hydrogens is 300 g/mol. The number of nitrogens with two attached hydrogens (primary N) is 1. The molecule has 0 aromatic heterocycles. The van der Waals surface area contributed by atoms with Gasteiger partial charge in [0.15, 0.2) is 6.10 Å². The predicted octanol–water partition coefficient (Wildman–Crippen LogP) is -0.899. The van der Waals surface area contributed by atoms with E-state index >= 15 is 0 Å². The molecule has 0 radical (unpaired) electrons. The van der Waals surface area contributed by atoms with Crippen LogP contribution in [-0.2, 0) is 19.6 Å². The highest BCUT2D eigenvalue weighted by Crippen LogP contribution is 2.14. The van der Waals surface area contributed by atoms with Crippen LogP contribution >= 0.6 is 0 Å². The van der Waals surface area contributed by atoms with Crippen molar-refractivity contribution < 1.29 is 27.8 Å². The van der Waals surface area contributed by atoms with E-state index in [-0.39, 0.29) is 12.4 Å². The summed E-state index contributed by atoms with van der Waals surface area (Å²) in [6.45, 7) is -0.541. The highest BCUT2D eigenvalue weighted by atomic mass is 32.2. The molecule has 0 heterocycles. The standard InChI is InChI=1S/C12H18N2O6S/c1-19-12(16)11(15)8-14-21(17,18)6-5-20-10-4-2-3-9(13)7-10/h2-4,7,11,14-15H,5-6,8,13H2,1H3. The molecule has 0 bridgehead atoms. The number of nitrogens with one attached hydrogen (secondary N) is 1. The van der Waals surface area contributed by atoms with E-state index in [0.29, 0.717) is 11.4 Å². The molecule has 4 N–H and O–H groups in total. The molecule has 8 nitrogen and oxygen atoms in total. The van der Waals surface area contributed by atoms with Crippen molar-refractivity contribution in [1.29, 1.82) is 0 Å². The summed E-state index contributed by atoms with van der Waals surface area (Å²) in [5, 5.41) is 9.27. The van der Waals surface area contributed by atoms with Gasteiger partial charge in [-0.25, -0.2) is 17.9 Å². The average Bonchev–Trinajstić information content (AvgIpc) is 2.44. The molecule has 0 aliphatic heterocycles. The summed E-state index contributed by atoms with van der Waals surface area (Å²) in [6.07, 6.45) is -1.54. The highest BCUT2D eigenvalue weighted by Gasteiger charge is 2.19. The molecule has 1 aromatic rings. The van der Waals surface area contributed by atoms with Gasteiger partial charge in [0, 0.05) is 18.3 Å². The second kappa shape index (κ2) is 7.81. The summed E-state index contributed by atoms with van der Waals surface area (Å²) in [6, 6.07) is 6.59. The van der Waals surface area contributed by atoms with Gasteiger partial charge in [-0.2, -0.15) is 0 Å². The minimum atomic E-state index is -3.67. The van der Waals surface area contributed by atoms with Crippen molar-refractivity contribution in [2.24, 2.45) is 0 Å². The number of benzene rings is 1. The smallest absolute Gasteiger partial charge is 0.336 e. The molecule has 0 aliphatic carbocycles. The molecule has 0 saturated heterocycles. The van der Waals surface area contributed by atoms with Gasteiger partial charge in [-0.1, -0.05) is 6.07 Å². The maximum atomic E-state index is 11.6. The van der Waals surface area contributed by atoms with Crippen LogP contribution in [0.4, 0.5) is 5.69 Å². The lowest BCUT2D eigenvalue weighted by molar-refractivity contribution is -0.149. The molecule has 1 unspecified atom stereocenters. The number of carbonyl (C=O) groups is 1. The SMILES string of the molecule is COC(=O)C(O)CNS(=O)(=O)CCOc1cccc(N)c1. The van der Waals surface area contributed by atoms with Crippen LogP contribution in [0.25, 0.3) is 0 Å². The largest absolute Gasteiger partial charge is 0.492 e. The summed E-state index contributed by atoms with van der Waals surface area (Å²) >= 11 is 0. The van der Waals surface area contributed by atoms with Gasteiger partial charge in [0.05, 0.1) is 12.9 Å². The molecule has 0 fully saturated rings. The van der Waals surface area contributed by atoms with Crippen molar-refractivity contribution in [2.75, 3.05) is 31.7 Å². The number of nitrogen functional groups attached to an aromatic ring is 1. The second-order valence-corrected chi connectivity index (χ2v) is 6.05. The van der Waals surface area contributed by atoms with Gasteiger partial charge in [0.25, 0.3) is 0 Å². The Hall–Kier alpha value is -1.84. The molecule has 21 heavy (non-hydrogen) atoms. The molecule has 0 aliphatic rings. The third-order valence-corrected chi connectivity index (χ3v) is 3.76. The Bertz CT molecular complexity index is 575. The number of hydrogen-bond donors (Lipinski definition) is 3. The van der Waals surface area contributed by atoms with E-state index in [4.69, 9.17) is 10.5 Å². The van der Waals surface area contributed by atoms with Gasteiger partial charge in [0.1, 0.15) is 12.4 Å². The molecule has 1 rings (SSSR count). The third-order valence-electron chi connectivity index (χ3n) is 2.45. The topological polar surface area (TPSA) is 128 Å². The van der Waals surface area contributed by atoms with Crippen molar-refractivity contribution >= 4 is 21.7 Å². The zero-order valence-corrected chi connectivity index (χ0v) is 12.3. The number of sulfonamides is 1. The summed E-state index contributed by atoms with van der Waals surface area (Å²) < 4.78 is 34.8. The van der Waals surface area contributed by atoms with Crippen LogP contribution in [0.3, 0.4) is 0 Å². The van der Waals surface area contributed by atoms with E-state index in [1.807, 2.05) is 0 Å². The number of esters is 1. The van der Waals surface area contributed by atoms with Crippen LogP contribution < -0.4 is 15.2 Å². The van der Waals surface area contributed by atoms with Crippen LogP contribution in [-0.4, -0.2) is 51.6 Å². The van der Waals surface area contributed by atoms with Gasteiger partial charge in [-0.3, -0.25) is 0 Å². The second-order valence-electron chi connectivity index (χ2n) is 4.13. The maximum absolute atomic E-state index is 11.6. The zero-order chi connectivity index (χ0) is 15.9. The normalized spacial score (nSPS) is 12.7. The predicted molar refractivity (Wildman–Crippen MR) is 76.2 cm³/mol. The van der Waals surface area contributed by atoms with Gasteiger partial charge in [0.2, 0.25) is 10.0 Å². The summed E-state index contributed by atoms with van der Waals surface area (Å²) in [5.41, 5.74) is 6.07. The maximum Gasteiger partial charge on any atom is 0.336 e. The molecule has 0 saturated carbocycles. The van der Waals surface area contributed by atoms with E-state index in [0.717, 1.165) is 7.11 Å². The van der Waals surface area contributed by atoms with Crippen molar-refractivity contribution in [3.63, 3.8) is 0 Å². The summed E-state index contributed by atoms with van der Waals surface area (Å²) in [7, 11) is -2.58. The summed E-state index contributed by atoms with van der Waals surface area (Å²) in [4.78, 5) is 10.9. The minimum absolute atomic E-state index is 0.0902. The lowest BCUT2D eigenvalue weighted by Gasteiger charge is -2.11. The fraction of sp³-hybridized carbons (Fsp3) is 0.417. The van der Waals surface area contributed by atoms with E-state index in [1.54, 1.807) is 24.3 Å². The first-order valence-corrected chi connectivity index (χ1v) is 7.71. The first-order chi connectivity index (χ1) is 9.84. The van der Waals surface area contributed by atoms with Gasteiger partial charge in [-0.05, 0) is 12.1 Å². The van der Waals surface area contributed by atoms with Crippen LogP contribution in [0.5, 0.6) is 5.75 Å². The van der Waals surface area contributed by atoms with E-state index in [2.05, 4.69) is 9.46 Å². The van der Waals surface area contributed by atoms with Crippen molar-refractivity contribution in [3.05, 3.63) is 24.3 Å². The number of carbonyl (C=O) groups excluding carboxylic acids is 1. The van der Waals surface area contributed by atoms with Crippen molar-refractivity contribution in [1.82, 2.24) is 4.72 Å². The minimum Gasteiger partial charge on any atom is -0.492 e. The Kier molecular flexibility index (Phi) is 6.40. The number of rotatable bonds is 8. The van der Waals surface area contributed by atoms with E-state index in [9.17, 15) is 18.3 Å². The van der Waals surface area contributed by atoms with Crippen LogP contribution in [0, 0.1) is 0 Å². The lowest BCUT2D eigenvalue weighted by Crippen LogP contribution is -2.39. The first-order valence-electron chi connectivity index (χ1n) is 6.05. The molecule has 9 heteroatoms. The van der Waals surface area contributed by atoms with Crippen LogP contribution in [0.1, 0.15) is 0 Å². The number of ether oxygens (including phenoxy) is 2. The number of methoxy groups -OCH3 is 1. The molecule has 1 atom stereocenters. The first kappa shape index (κ1) is 17.2. The van der Waals surface area contributed by atoms with E-state index < -0.39 is 28.6 Å². The molecule has 0 amide bonds. The average molecular weight is 318 g/mol. The molecule has 118 valence electrons. The molecular formula is C12H18N2O6S. The van der Waals surface area contributed by atoms with Crippen molar-refractivity contribution in [2.45, 2.75) is 6.10 Å². The summed E-state index contributed by atoms with van der Waals surface area (Å²) in [5.74, 6) is -0.774. The lowest BCUT2D eigenvalue weighted by atomic mass is 10.3. The number of hydrogen-bond acceptors (Lipinski definition) is 7. The van der Waals surface area contributed by atoms with Gasteiger partial charge < -0.3 is 20.3 Å². The quantitative estimate of drug-likeness (QED) is 0.418. The Morgan fingerprint density at radius 3 is 2.81 bits per heavy atom. The zero-order valence-electron chi connectivity index (χ0n) is 11.5. The van der Waals surface area contributed by atoms with Gasteiger partial charge >= 0.3 is 5.97 Å². The number of anilines is 1. The van der Waals surface area contributed by atoms with E-state index in [1.165, 1.54) is 0 Å². The third kappa shape index (κ3) is 6.43. The Balaban J connectivity index is 2.38. The van der Waals surface area contributed by atoms with Crippen LogP contribution in [0.15, 0.2) is 24.3 Å². The van der Waals surface area contributed by atoms with Gasteiger partial charge in [-0.15, -0.1) is 0 Å². The Morgan fingerprint density at radius 2 is 2.19 bits per heavy atom. The van der Waals surface area contributed by atoms with Crippen molar-refractivity contribution in [3.8, 4) is 5.75 Å². The Labute approximate surface area is 122 Å². The van der Waals surface area contributed by atoms with Crippen LogP contribution in [0.2, 0.25) is 0 Å². The number of aliphatic hydroxyl groups is 1. The fourth-order valence-electron chi connectivity index (χ4n) is 1.37. The monoisotopic (exact) mass is 318 g/mol. The Morgan fingerprint density at radius 1 is 1.48 bits per heavy atom. The molecule has 0 spiro atoms. The fourth-order valence-corrected chi connectivity index (χ4v) is 2.23. The number of aliphatic hydroxyl groups excluding tert-OH is 1. The highest BCUT2D eigenvalue weighted by molar-refractivity contribution is 7.89. The molecule has 1 aromatic carbocycles.